The Bertz CT molecular complexity index is 1210. The van der Waals surface area contributed by atoms with Crippen LogP contribution in [0.2, 0.25) is 5.02 Å². The van der Waals surface area contributed by atoms with Crippen molar-refractivity contribution in [2.24, 2.45) is 5.73 Å². The number of hydrogen-bond acceptors (Lipinski definition) is 5. The summed E-state index contributed by atoms with van der Waals surface area (Å²) >= 11 is 6.18. The number of carbonyl (C=O) groups excluding carboxylic acids is 2. The largest absolute Gasteiger partial charge is 0.465 e. The summed E-state index contributed by atoms with van der Waals surface area (Å²) in [6.07, 6.45) is 0. The number of rotatable bonds is 8. The van der Waals surface area contributed by atoms with Crippen LogP contribution >= 0.6 is 11.6 Å². The van der Waals surface area contributed by atoms with Crippen molar-refractivity contribution in [3.8, 4) is 0 Å². The molecule has 7 nitrogen and oxygen atoms in total. The molecule has 3 rings (SSSR count). The van der Waals surface area contributed by atoms with E-state index in [4.69, 9.17) is 17.3 Å². The van der Waals surface area contributed by atoms with E-state index in [0.29, 0.717) is 16.7 Å². The molecule has 166 valence electrons. The Morgan fingerprint density at radius 2 is 1.56 bits per heavy atom. The Morgan fingerprint density at radius 3 is 2.12 bits per heavy atom. The number of halogens is 1. The Kier molecular flexibility index (Phi) is 7.29. The molecule has 0 saturated carbocycles. The third kappa shape index (κ3) is 4.99. The zero-order chi connectivity index (χ0) is 23.3. The van der Waals surface area contributed by atoms with Gasteiger partial charge in [-0.15, -0.1) is 0 Å². The molecule has 0 fully saturated rings. The van der Waals surface area contributed by atoms with E-state index in [-0.39, 0.29) is 16.5 Å². The molecule has 2 N–H and O–H groups in total. The summed E-state index contributed by atoms with van der Waals surface area (Å²) in [5, 5.41) is 0.0230. The van der Waals surface area contributed by atoms with Crippen molar-refractivity contribution in [1.82, 2.24) is 4.31 Å². The molecule has 0 aliphatic carbocycles. The minimum Gasteiger partial charge on any atom is -0.465 e. The number of amides is 1. The molecule has 0 aromatic heterocycles. The lowest BCUT2D eigenvalue weighted by atomic mass is 10.1. The number of hydrogen-bond donors (Lipinski definition) is 1. The van der Waals surface area contributed by atoms with E-state index in [1.807, 2.05) is 0 Å². The summed E-state index contributed by atoms with van der Waals surface area (Å²) in [5.74, 6) is -1.35. The number of methoxy groups -OCH3 is 1. The molecule has 0 heterocycles. The first-order valence-electron chi connectivity index (χ1n) is 9.53. The maximum absolute atomic E-state index is 13.7. The Morgan fingerprint density at radius 1 is 0.969 bits per heavy atom. The molecule has 3 aromatic carbocycles. The highest BCUT2D eigenvalue weighted by Gasteiger charge is 2.37. The van der Waals surface area contributed by atoms with Crippen molar-refractivity contribution in [3.63, 3.8) is 0 Å². The predicted molar refractivity (Wildman–Crippen MR) is 120 cm³/mol. The summed E-state index contributed by atoms with van der Waals surface area (Å²) < 4.78 is 33.0. The predicted octanol–water partition coefficient (Wildman–Crippen LogP) is 3.54. The second-order valence-electron chi connectivity index (χ2n) is 6.88. The smallest absolute Gasteiger partial charge is 0.337 e. The maximum Gasteiger partial charge on any atom is 0.337 e. The van der Waals surface area contributed by atoms with Crippen molar-refractivity contribution in [1.29, 1.82) is 0 Å². The van der Waals surface area contributed by atoms with E-state index >= 15 is 0 Å². The quantitative estimate of drug-likeness (QED) is 0.504. The van der Waals surface area contributed by atoms with Crippen LogP contribution in [0.1, 0.15) is 27.5 Å². The molecule has 1 atom stereocenters. The SMILES string of the molecule is COC(=O)c1ccc(CN(C(C(N)=O)c2ccccc2)S(=O)(=O)c2ccccc2Cl)cc1. The highest BCUT2D eigenvalue weighted by molar-refractivity contribution is 7.89. The highest BCUT2D eigenvalue weighted by atomic mass is 35.5. The number of carbonyl (C=O) groups is 2. The molecule has 0 aliphatic heterocycles. The third-order valence-corrected chi connectivity index (χ3v) is 7.12. The standard InChI is InChI=1S/C23H21ClN2O5S/c1-31-23(28)18-13-11-16(12-14-18)15-26(21(22(25)27)17-7-3-2-4-8-17)32(29,30)20-10-6-5-9-19(20)24/h2-14,21H,15H2,1H3,(H2,25,27). The van der Waals surface area contributed by atoms with Gasteiger partial charge in [0.15, 0.2) is 0 Å². The van der Waals surface area contributed by atoms with Gasteiger partial charge in [-0.2, -0.15) is 4.31 Å². The molecule has 0 spiro atoms. The zero-order valence-electron chi connectivity index (χ0n) is 17.1. The van der Waals surface area contributed by atoms with Crippen LogP contribution in [0.3, 0.4) is 0 Å². The van der Waals surface area contributed by atoms with Gasteiger partial charge in [0.05, 0.1) is 17.7 Å². The minimum atomic E-state index is -4.24. The average Bonchev–Trinajstić information content (AvgIpc) is 2.79. The van der Waals surface area contributed by atoms with Gasteiger partial charge in [0, 0.05) is 6.54 Å². The molecule has 0 bridgehead atoms. The van der Waals surface area contributed by atoms with Crippen LogP contribution in [-0.2, 0) is 26.1 Å². The van der Waals surface area contributed by atoms with Crippen LogP contribution in [0.15, 0.2) is 83.8 Å². The molecule has 3 aromatic rings. The number of nitrogens with zero attached hydrogens (tertiary/aromatic N) is 1. The van der Waals surface area contributed by atoms with E-state index in [1.54, 1.807) is 54.6 Å². The van der Waals surface area contributed by atoms with Gasteiger partial charge in [0.25, 0.3) is 0 Å². The normalized spacial score (nSPS) is 12.3. The van der Waals surface area contributed by atoms with E-state index in [2.05, 4.69) is 4.74 Å². The topological polar surface area (TPSA) is 107 Å². The molecule has 9 heteroatoms. The number of primary amides is 1. The first-order valence-corrected chi connectivity index (χ1v) is 11.4. The van der Waals surface area contributed by atoms with Gasteiger partial charge in [-0.25, -0.2) is 13.2 Å². The number of nitrogens with two attached hydrogens (primary N) is 1. The van der Waals surface area contributed by atoms with E-state index in [1.165, 1.54) is 31.4 Å². The molecular weight excluding hydrogens is 452 g/mol. The second kappa shape index (κ2) is 9.95. The zero-order valence-corrected chi connectivity index (χ0v) is 18.7. The Hall–Kier alpha value is -3.20. The minimum absolute atomic E-state index is 0.0230. The van der Waals surface area contributed by atoms with Crippen molar-refractivity contribution in [3.05, 3.63) is 101 Å². The van der Waals surface area contributed by atoms with Crippen LogP contribution in [0.4, 0.5) is 0 Å². The van der Waals surface area contributed by atoms with Gasteiger partial charge in [-0.1, -0.05) is 66.2 Å². The van der Waals surface area contributed by atoms with Crippen molar-refractivity contribution >= 4 is 33.5 Å². The maximum atomic E-state index is 13.7. The van der Waals surface area contributed by atoms with Crippen LogP contribution in [0.25, 0.3) is 0 Å². The summed E-state index contributed by atoms with van der Waals surface area (Å²) in [5.41, 5.74) is 6.95. The van der Waals surface area contributed by atoms with Crippen LogP contribution in [-0.4, -0.2) is 31.7 Å². The second-order valence-corrected chi connectivity index (χ2v) is 9.15. The van der Waals surface area contributed by atoms with Gasteiger partial charge in [-0.3, -0.25) is 4.79 Å². The monoisotopic (exact) mass is 472 g/mol. The lowest BCUT2D eigenvalue weighted by molar-refractivity contribution is -0.122. The summed E-state index contributed by atoms with van der Waals surface area (Å²) in [7, 11) is -2.98. The van der Waals surface area contributed by atoms with Gasteiger partial charge in [0.2, 0.25) is 15.9 Å². The number of esters is 1. The van der Waals surface area contributed by atoms with Gasteiger partial charge >= 0.3 is 5.97 Å². The first kappa shape index (κ1) is 23.5. The van der Waals surface area contributed by atoms with E-state index in [9.17, 15) is 18.0 Å². The Labute approximate surface area is 191 Å². The van der Waals surface area contributed by atoms with Crippen molar-refractivity contribution in [2.75, 3.05) is 7.11 Å². The molecule has 0 aliphatic rings. The molecule has 32 heavy (non-hydrogen) atoms. The van der Waals surface area contributed by atoms with E-state index in [0.717, 1.165) is 4.31 Å². The number of ether oxygens (including phenoxy) is 1. The van der Waals surface area contributed by atoms with Gasteiger partial charge in [0.1, 0.15) is 10.9 Å². The summed E-state index contributed by atoms with van der Waals surface area (Å²) in [4.78, 5) is 24.1. The van der Waals surface area contributed by atoms with Crippen molar-refractivity contribution < 1.29 is 22.7 Å². The molecule has 1 unspecified atom stereocenters. The number of benzene rings is 3. The summed E-state index contributed by atoms with van der Waals surface area (Å²) in [6, 6.07) is 19.3. The van der Waals surface area contributed by atoms with Crippen molar-refractivity contribution in [2.45, 2.75) is 17.5 Å². The molecular formula is C23H21ClN2O5S. The van der Waals surface area contributed by atoms with Gasteiger partial charge in [-0.05, 0) is 35.4 Å². The fourth-order valence-electron chi connectivity index (χ4n) is 3.25. The lowest BCUT2D eigenvalue weighted by Crippen LogP contribution is -2.41. The molecule has 1 amide bonds. The van der Waals surface area contributed by atoms with Crippen LogP contribution in [0.5, 0.6) is 0 Å². The van der Waals surface area contributed by atoms with Gasteiger partial charge < -0.3 is 10.5 Å². The molecule has 0 saturated heterocycles. The fraction of sp³-hybridized carbons (Fsp3) is 0.130. The highest BCUT2D eigenvalue weighted by Crippen LogP contribution is 2.32. The van der Waals surface area contributed by atoms with Crippen LogP contribution < -0.4 is 5.73 Å². The fourth-order valence-corrected chi connectivity index (χ4v) is 5.32. The van der Waals surface area contributed by atoms with Crippen LogP contribution in [0, 0.1) is 0 Å². The lowest BCUT2D eigenvalue weighted by Gasteiger charge is -2.29. The Balaban J connectivity index is 2.12. The molecule has 0 radical (unpaired) electrons. The van der Waals surface area contributed by atoms with E-state index < -0.39 is 27.9 Å². The number of sulfonamides is 1. The first-order chi connectivity index (χ1) is 15.3. The third-order valence-electron chi connectivity index (χ3n) is 4.81. The summed E-state index contributed by atoms with van der Waals surface area (Å²) in [6.45, 7) is -0.183. The average molecular weight is 473 g/mol.